The van der Waals surface area contributed by atoms with Crippen molar-refractivity contribution in [2.24, 2.45) is 17.3 Å². The molecule has 2 rings (SSSR count). The van der Waals surface area contributed by atoms with Crippen LogP contribution >= 0.6 is 0 Å². The normalized spacial score (nSPS) is 33.2. The SMILES string of the molecule is C=CC1(C(=O)O)CC1C(=O)OCC1CC1. The number of carboxylic acids is 1. The summed E-state index contributed by atoms with van der Waals surface area (Å²) in [4.78, 5) is 22.4. The lowest BCUT2D eigenvalue weighted by atomic mass is 10.1. The van der Waals surface area contributed by atoms with Crippen molar-refractivity contribution in [3.63, 3.8) is 0 Å². The zero-order valence-corrected chi connectivity index (χ0v) is 8.44. The number of carbonyl (C=O) groups excluding carboxylic acids is 1. The molecule has 0 radical (unpaired) electrons. The number of aliphatic carboxylic acids is 1. The Balaban J connectivity index is 1.87. The van der Waals surface area contributed by atoms with Crippen LogP contribution in [-0.2, 0) is 14.3 Å². The Morgan fingerprint density at radius 3 is 2.60 bits per heavy atom. The largest absolute Gasteiger partial charge is 0.481 e. The first-order valence-corrected chi connectivity index (χ1v) is 5.14. The lowest BCUT2D eigenvalue weighted by Gasteiger charge is -2.06. The second-order valence-electron chi connectivity index (χ2n) is 4.38. The summed E-state index contributed by atoms with van der Waals surface area (Å²) in [5.74, 6) is -1.38. The fourth-order valence-electron chi connectivity index (χ4n) is 1.71. The fraction of sp³-hybridized carbons (Fsp3) is 0.636. The number of esters is 1. The van der Waals surface area contributed by atoms with Gasteiger partial charge < -0.3 is 9.84 Å². The van der Waals surface area contributed by atoms with Gasteiger partial charge in [-0.1, -0.05) is 6.08 Å². The monoisotopic (exact) mass is 210 g/mol. The number of hydrogen-bond donors (Lipinski definition) is 1. The predicted molar refractivity (Wildman–Crippen MR) is 52.1 cm³/mol. The van der Waals surface area contributed by atoms with Crippen molar-refractivity contribution in [2.75, 3.05) is 6.61 Å². The third-order valence-corrected chi connectivity index (χ3v) is 3.21. The van der Waals surface area contributed by atoms with Gasteiger partial charge in [0.25, 0.3) is 0 Å². The molecule has 2 unspecified atom stereocenters. The Kier molecular flexibility index (Phi) is 2.29. The summed E-state index contributed by atoms with van der Waals surface area (Å²) < 4.78 is 5.05. The highest BCUT2D eigenvalue weighted by atomic mass is 16.5. The molecule has 2 fully saturated rings. The molecular weight excluding hydrogens is 196 g/mol. The van der Waals surface area contributed by atoms with Crippen LogP contribution in [0.5, 0.6) is 0 Å². The van der Waals surface area contributed by atoms with E-state index in [2.05, 4.69) is 6.58 Å². The van der Waals surface area contributed by atoms with Crippen molar-refractivity contribution in [2.45, 2.75) is 19.3 Å². The summed E-state index contributed by atoms with van der Waals surface area (Å²) in [7, 11) is 0. The van der Waals surface area contributed by atoms with Gasteiger partial charge in [0.05, 0.1) is 17.9 Å². The van der Waals surface area contributed by atoms with Gasteiger partial charge in [-0.2, -0.15) is 0 Å². The molecule has 2 aliphatic carbocycles. The van der Waals surface area contributed by atoms with Crippen molar-refractivity contribution in [3.05, 3.63) is 12.7 Å². The summed E-state index contributed by atoms with van der Waals surface area (Å²) in [6.07, 6.45) is 3.90. The van der Waals surface area contributed by atoms with Crippen molar-refractivity contribution >= 4 is 11.9 Å². The molecule has 0 aliphatic heterocycles. The molecule has 4 nitrogen and oxygen atoms in total. The van der Waals surface area contributed by atoms with E-state index in [9.17, 15) is 9.59 Å². The minimum absolute atomic E-state index is 0.329. The molecule has 0 saturated heterocycles. The van der Waals surface area contributed by atoms with E-state index in [0.717, 1.165) is 12.8 Å². The van der Waals surface area contributed by atoms with Crippen molar-refractivity contribution in [3.8, 4) is 0 Å². The molecule has 82 valence electrons. The Morgan fingerprint density at radius 1 is 1.53 bits per heavy atom. The van der Waals surface area contributed by atoms with Gasteiger partial charge in [0.15, 0.2) is 0 Å². The molecular formula is C11H14O4. The molecule has 4 heteroatoms. The molecule has 0 spiro atoms. The topological polar surface area (TPSA) is 63.6 Å². The van der Waals surface area contributed by atoms with Gasteiger partial charge in [-0.3, -0.25) is 9.59 Å². The quantitative estimate of drug-likeness (QED) is 0.547. The Hall–Kier alpha value is -1.32. The van der Waals surface area contributed by atoms with E-state index < -0.39 is 17.3 Å². The maximum absolute atomic E-state index is 11.5. The van der Waals surface area contributed by atoms with Crippen LogP contribution < -0.4 is 0 Å². The summed E-state index contributed by atoms with van der Waals surface area (Å²) in [6, 6.07) is 0. The number of rotatable bonds is 5. The van der Waals surface area contributed by atoms with Gasteiger partial charge in [-0.15, -0.1) is 6.58 Å². The van der Waals surface area contributed by atoms with E-state index in [1.165, 1.54) is 6.08 Å². The summed E-state index contributed by atoms with van der Waals surface area (Å²) in [5.41, 5.74) is -1.05. The van der Waals surface area contributed by atoms with Crippen LogP contribution in [0.3, 0.4) is 0 Å². The van der Waals surface area contributed by atoms with Crippen LogP contribution in [0.25, 0.3) is 0 Å². The predicted octanol–water partition coefficient (Wildman–Crippen LogP) is 1.22. The Bertz CT molecular complexity index is 319. The van der Waals surface area contributed by atoms with E-state index in [1.807, 2.05) is 0 Å². The molecule has 0 aromatic rings. The summed E-state index contributed by atoms with van der Waals surface area (Å²) in [6.45, 7) is 3.91. The highest BCUT2D eigenvalue weighted by Gasteiger charge is 2.63. The number of carbonyl (C=O) groups is 2. The third-order valence-electron chi connectivity index (χ3n) is 3.21. The number of ether oxygens (including phenoxy) is 1. The molecule has 0 aromatic carbocycles. The zero-order valence-electron chi connectivity index (χ0n) is 8.44. The van der Waals surface area contributed by atoms with Crippen LogP contribution in [0.2, 0.25) is 0 Å². The van der Waals surface area contributed by atoms with Crippen molar-refractivity contribution in [1.29, 1.82) is 0 Å². The van der Waals surface area contributed by atoms with Gasteiger partial charge in [0.2, 0.25) is 0 Å². The minimum Gasteiger partial charge on any atom is -0.481 e. The summed E-state index contributed by atoms with van der Waals surface area (Å²) >= 11 is 0. The summed E-state index contributed by atoms with van der Waals surface area (Å²) in [5, 5.41) is 8.93. The van der Waals surface area contributed by atoms with Gasteiger partial charge in [-0.05, 0) is 25.2 Å². The van der Waals surface area contributed by atoms with E-state index in [-0.39, 0.29) is 5.97 Å². The first kappa shape index (κ1) is 10.2. The highest BCUT2D eigenvalue weighted by Crippen LogP contribution is 2.54. The maximum atomic E-state index is 11.5. The van der Waals surface area contributed by atoms with Crippen LogP contribution in [-0.4, -0.2) is 23.7 Å². The van der Waals surface area contributed by atoms with E-state index in [1.54, 1.807) is 0 Å². The first-order valence-electron chi connectivity index (χ1n) is 5.14. The average molecular weight is 210 g/mol. The van der Waals surface area contributed by atoms with Crippen molar-refractivity contribution in [1.82, 2.24) is 0 Å². The second kappa shape index (κ2) is 3.36. The molecule has 0 aromatic heterocycles. The molecule has 0 heterocycles. The zero-order chi connectivity index (χ0) is 11.1. The lowest BCUT2D eigenvalue weighted by molar-refractivity contribution is -0.151. The van der Waals surface area contributed by atoms with E-state index in [0.29, 0.717) is 18.9 Å². The van der Waals surface area contributed by atoms with Gasteiger partial charge in [-0.25, -0.2) is 0 Å². The van der Waals surface area contributed by atoms with E-state index >= 15 is 0 Å². The Labute approximate surface area is 87.9 Å². The molecule has 1 N–H and O–H groups in total. The molecule has 2 atom stereocenters. The van der Waals surface area contributed by atoms with Crippen molar-refractivity contribution < 1.29 is 19.4 Å². The third kappa shape index (κ3) is 1.76. The van der Waals surface area contributed by atoms with Gasteiger partial charge in [0, 0.05) is 0 Å². The van der Waals surface area contributed by atoms with Crippen LogP contribution in [0, 0.1) is 17.3 Å². The highest BCUT2D eigenvalue weighted by molar-refractivity contribution is 5.91. The number of hydrogen-bond acceptors (Lipinski definition) is 3. The standard InChI is InChI=1S/C11H14O4/c1-2-11(10(13)14)5-8(11)9(12)15-6-7-3-4-7/h2,7-8H,1,3-6H2,(H,13,14). The van der Waals surface area contributed by atoms with Gasteiger partial charge in [0.1, 0.15) is 0 Å². The molecule has 2 saturated carbocycles. The smallest absolute Gasteiger partial charge is 0.314 e. The second-order valence-corrected chi connectivity index (χ2v) is 4.38. The van der Waals surface area contributed by atoms with Crippen LogP contribution in [0.4, 0.5) is 0 Å². The molecule has 0 bridgehead atoms. The molecule has 0 amide bonds. The lowest BCUT2D eigenvalue weighted by Crippen LogP contribution is -2.20. The average Bonchev–Trinajstić information content (AvgIpc) is 3.08. The van der Waals surface area contributed by atoms with E-state index in [4.69, 9.17) is 9.84 Å². The maximum Gasteiger partial charge on any atom is 0.314 e. The number of carboxylic acid groups (broad SMARTS) is 1. The Morgan fingerprint density at radius 2 is 2.20 bits per heavy atom. The molecule has 15 heavy (non-hydrogen) atoms. The molecule has 2 aliphatic rings. The minimum atomic E-state index is -1.05. The van der Waals surface area contributed by atoms with Gasteiger partial charge >= 0.3 is 11.9 Å². The first-order chi connectivity index (χ1) is 7.10. The van der Waals surface area contributed by atoms with Crippen LogP contribution in [0.15, 0.2) is 12.7 Å². The fourth-order valence-corrected chi connectivity index (χ4v) is 1.71. The van der Waals surface area contributed by atoms with Crippen LogP contribution in [0.1, 0.15) is 19.3 Å².